The first kappa shape index (κ1) is 19.0. The van der Waals surface area contributed by atoms with E-state index in [0.29, 0.717) is 25.9 Å². The van der Waals surface area contributed by atoms with Gasteiger partial charge in [0.05, 0.1) is 5.56 Å². The van der Waals surface area contributed by atoms with E-state index in [2.05, 4.69) is 4.74 Å². The number of ketones is 1. The Morgan fingerprint density at radius 1 is 1.07 bits per heavy atom. The molecule has 1 aliphatic heterocycles. The molecule has 2 aromatic carbocycles. The maximum Gasteiger partial charge on any atom is 0.387 e. The minimum atomic E-state index is -3.00. The van der Waals surface area contributed by atoms with Gasteiger partial charge in [0.1, 0.15) is 11.5 Å². The maximum absolute atomic E-state index is 12.8. The molecule has 1 heterocycles. The van der Waals surface area contributed by atoms with E-state index in [0.717, 1.165) is 12.0 Å². The number of likely N-dealkylation sites (tertiary alicyclic amines) is 1. The van der Waals surface area contributed by atoms with Crippen molar-refractivity contribution < 1.29 is 23.1 Å². The zero-order valence-corrected chi connectivity index (χ0v) is 14.8. The van der Waals surface area contributed by atoms with Gasteiger partial charge in [-0.1, -0.05) is 42.5 Å². The van der Waals surface area contributed by atoms with Crippen molar-refractivity contribution in [1.29, 1.82) is 0 Å². The molecule has 1 aliphatic rings. The maximum atomic E-state index is 12.8. The first-order chi connectivity index (χ1) is 13.0. The van der Waals surface area contributed by atoms with Crippen molar-refractivity contribution in [3.63, 3.8) is 0 Å². The molecule has 0 bridgehead atoms. The van der Waals surface area contributed by atoms with E-state index < -0.39 is 6.61 Å². The Bertz CT molecular complexity index is 795. The number of benzene rings is 2. The van der Waals surface area contributed by atoms with Gasteiger partial charge in [0.2, 0.25) is 0 Å². The average Bonchev–Trinajstić information content (AvgIpc) is 2.68. The zero-order chi connectivity index (χ0) is 19.2. The first-order valence-corrected chi connectivity index (χ1v) is 8.94. The molecule has 0 unspecified atom stereocenters. The summed E-state index contributed by atoms with van der Waals surface area (Å²) in [4.78, 5) is 27.0. The number of alkyl halides is 2. The second-order valence-electron chi connectivity index (χ2n) is 6.59. The molecule has 0 N–H and O–H groups in total. The van der Waals surface area contributed by atoms with E-state index in [-0.39, 0.29) is 28.9 Å². The lowest BCUT2D eigenvalue weighted by Gasteiger charge is -2.32. The number of ether oxygens (including phenoxy) is 1. The lowest BCUT2D eigenvalue weighted by molar-refractivity contribution is -0.123. The van der Waals surface area contributed by atoms with Crippen LogP contribution in [0, 0.1) is 5.92 Å². The smallest absolute Gasteiger partial charge is 0.387 e. The third-order valence-electron chi connectivity index (χ3n) is 4.72. The van der Waals surface area contributed by atoms with Gasteiger partial charge in [-0.3, -0.25) is 9.59 Å². The van der Waals surface area contributed by atoms with Gasteiger partial charge in [-0.2, -0.15) is 8.78 Å². The third kappa shape index (κ3) is 4.90. The van der Waals surface area contributed by atoms with Gasteiger partial charge in [-0.25, -0.2) is 0 Å². The molecule has 27 heavy (non-hydrogen) atoms. The number of Topliss-reactive ketones (excluding diaryl/α,β-unsaturated/α-hetero) is 1. The van der Waals surface area contributed by atoms with Crippen LogP contribution in [-0.2, 0) is 11.2 Å². The number of nitrogens with zero attached hydrogens (tertiary/aromatic N) is 1. The second kappa shape index (κ2) is 8.75. The lowest BCUT2D eigenvalue weighted by Crippen LogP contribution is -2.42. The van der Waals surface area contributed by atoms with Crippen molar-refractivity contribution >= 4 is 11.7 Å². The molecule has 1 atom stereocenters. The lowest BCUT2D eigenvalue weighted by atomic mass is 9.90. The number of para-hydroxylation sites is 1. The topological polar surface area (TPSA) is 46.6 Å². The van der Waals surface area contributed by atoms with Crippen LogP contribution in [0.4, 0.5) is 8.78 Å². The highest BCUT2D eigenvalue weighted by atomic mass is 19.3. The number of hydrogen-bond acceptors (Lipinski definition) is 3. The normalized spacial score (nSPS) is 17.0. The summed E-state index contributed by atoms with van der Waals surface area (Å²) in [5.41, 5.74) is 1.04. The molecule has 0 saturated carbocycles. The molecular formula is C21H21F2NO3. The largest absolute Gasteiger partial charge is 0.434 e. The quantitative estimate of drug-likeness (QED) is 0.770. The van der Waals surface area contributed by atoms with E-state index in [1.807, 2.05) is 30.3 Å². The molecule has 0 radical (unpaired) electrons. The highest BCUT2D eigenvalue weighted by Gasteiger charge is 2.30. The average molecular weight is 373 g/mol. The molecule has 142 valence electrons. The number of amides is 1. The van der Waals surface area contributed by atoms with Crippen LogP contribution in [0.3, 0.4) is 0 Å². The van der Waals surface area contributed by atoms with Gasteiger partial charge < -0.3 is 9.64 Å². The Balaban J connectivity index is 1.69. The fraction of sp³-hybridized carbons (Fsp3) is 0.333. The van der Waals surface area contributed by atoms with Crippen molar-refractivity contribution in [3.8, 4) is 5.75 Å². The van der Waals surface area contributed by atoms with Gasteiger partial charge >= 0.3 is 6.61 Å². The number of hydrogen-bond donors (Lipinski definition) is 0. The van der Waals surface area contributed by atoms with Crippen molar-refractivity contribution in [3.05, 3.63) is 65.7 Å². The van der Waals surface area contributed by atoms with Crippen molar-refractivity contribution in [2.24, 2.45) is 5.92 Å². The summed E-state index contributed by atoms with van der Waals surface area (Å²) < 4.78 is 29.6. The van der Waals surface area contributed by atoms with E-state index >= 15 is 0 Å². The summed E-state index contributed by atoms with van der Waals surface area (Å²) in [6.07, 6.45) is 1.76. The monoisotopic (exact) mass is 373 g/mol. The Morgan fingerprint density at radius 2 is 1.78 bits per heavy atom. The third-order valence-corrected chi connectivity index (χ3v) is 4.72. The van der Waals surface area contributed by atoms with Crippen LogP contribution < -0.4 is 4.74 Å². The van der Waals surface area contributed by atoms with Crippen LogP contribution in [0.15, 0.2) is 54.6 Å². The summed E-state index contributed by atoms with van der Waals surface area (Å²) in [6, 6.07) is 15.4. The molecule has 2 aromatic rings. The molecule has 1 amide bonds. The van der Waals surface area contributed by atoms with Crippen LogP contribution in [0.25, 0.3) is 0 Å². The summed E-state index contributed by atoms with van der Waals surface area (Å²) in [5.74, 6) is -0.680. The minimum absolute atomic E-state index is 0.0916. The van der Waals surface area contributed by atoms with Crippen LogP contribution in [0.5, 0.6) is 5.75 Å². The molecule has 1 fully saturated rings. The number of rotatable bonds is 6. The predicted molar refractivity (Wildman–Crippen MR) is 96.9 cm³/mol. The van der Waals surface area contributed by atoms with Crippen molar-refractivity contribution in [2.45, 2.75) is 25.9 Å². The zero-order valence-electron chi connectivity index (χ0n) is 14.8. The SMILES string of the molecule is O=C(Cc1ccccc1)[C@@H]1CCCN(C(=O)c2ccccc2OC(F)F)C1. The minimum Gasteiger partial charge on any atom is -0.434 e. The number of carbonyl (C=O) groups excluding carboxylic acids is 2. The molecule has 3 rings (SSSR count). The van der Waals surface area contributed by atoms with E-state index in [4.69, 9.17) is 0 Å². The van der Waals surface area contributed by atoms with Crippen molar-refractivity contribution in [1.82, 2.24) is 4.90 Å². The number of halogens is 2. The molecule has 0 aromatic heterocycles. The van der Waals surface area contributed by atoms with Crippen molar-refractivity contribution in [2.75, 3.05) is 13.1 Å². The Morgan fingerprint density at radius 3 is 2.52 bits per heavy atom. The highest BCUT2D eigenvalue weighted by molar-refractivity contribution is 5.97. The molecular weight excluding hydrogens is 352 g/mol. The predicted octanol–water partition coefficient (Wildman–Crippen LogP) is 3.95. The number of piperidine rings is 1. The Kier molecular flexibility index (Phi) is 6.16. The standard InChI is InChI=1S/C21H21F2NO3/c22-21(23)27-19-11-5-4-10-17(19)20(26)24-12-6-9-16(14-24)18(25)13-15-7-2-1-3-8-15/h1-5,7-8,10-11,16,21H,6,9,12-14H2/t16-/m1/s1. The number of carbonyl (C=O) groups is 2. The van der Waals surface area contributed by atoms with Crippen LogP contribution >= 0.6 is 0 Å². The van der Waals surface area contributed by atoms with E-state index in [1.54, 1.807) is 11.0 Å². The van der Waals surface area contributed by atoms with Crippen LogP contribution in [-0.4, -0.2) is 36.3 Å². The first-order valence-electron chi connectivity index (χ1n) is 8.94. The van der Waals surface area contributed by atoms with Gasteiger partial charge in [0.15, 0.2) is 0 Å². The molecule has 4 nitrogen and oxygen atoms in total. The van der Waals surface area contributed by atoms with E-state index in [9.17, 15) is 18.4 Å². The summed E-state index contributed by atoms with van der Waals surface area (Å²) in [6.45, 7) is -2.20. The molecule has 6 heteroatoms. The molecule has 0 spiro atoms. The summed E-state index contributed by atoms with van der Waals surface area (Å²) in [7, 11) is 0. The van der Waals surface area contributed by atoms with E-state index in [1.165, 1.54) is 18.2 Å². The summed E-state index contributed by atoms with van der Waals surface area (Å²) in [5, 5.41) is 0. The van der Waals surface area contributed by atoms with Gasteiger partial charge in [-0.05, 0) is 30.5 Å². The Hall–Kier alpha value is -2.76. The summed E-state index contributed by atoms with van der Waals surface area (Å²) >= 11 is 0. The van der Waals surface area contributed by atoms with Gasteiger partial charge in [0.25, 0.3) is 5.91 Å². The van der Waals surface area contributed by atoms with Crippen LogP contribution in [0.1, 0.15) is 28.8 Å². The van der Waals surface area contributed by atoms with Crippen LogP contribution in [0.2, 0.25) is 0 Å². The Labute approximate surface area is 156 Å². The fourth-order valence-corrected chi connectivity index (χ4v) is 3.38. The fourth-order valence-electron chi connectivity index (χ4n) is 3.38. The highest BCUT2D eigenvalue weighted by Crippen LogP contribution is 2.25. The second-order valence-corrected chi connectivity index (χ2v) is 6.59. The molecule has 1 saturated heterocycles. The molecule has 0 aliphatic carbocycles. The van der Waals surface area contributed by atoms with Gasteiger partial charge in [-0.15, -0.1) is 0 Å². The van der Waals surface area contributed by atoms with Gasteiger partial charge in [0, 0.05) is 25.4 Å².